The molecule has 4 heterocycles. The summed E-state index contributed by atoms with van der Waals surface area (Å²) in [6.07, 6.45) is -3.26. The maximum atomic E-state index is 14.0. The Labute approximate surface area is 176 Å². The second kappa shape index (κ2) is 8.46. The molecule has 0 saturated carbocycles. The number of nitro groups is 1. The highest BCUT2D eigenvalue weighted by atomic mass is 32.1. The summed E-state index contributed by atoms with van der Waals surface area (Å²) in [6, 6.07) is 2.74. The molecule has 31 heavy (non-hydrogen) atoms. The minimum absolute atomic E-state index is 0.0216. The van der Waals surface area contributed by atoms with E-state index >= 15 is 0 Å². The largest absolute Gasteiger partial charge is 0.444 e. The van der Waals surface area contributed by atoms with Crippen LogP contribution in [0, 0.1) is 16.2 Å². The van der Waals surface area contributed by atoms with Crippen molar-refractivity contribution >= 4 is 39.4 Å². The molecule has 1 fully saturated rings. The number of thiophene rings is 1. The molecule has 164 valence electrons. The van der Waals surface area contributed by atoms with E-state index in [1.54, 1.807) is 0 Å². The first-order valence-corrected chi connectivity index (χ1v) is 9.68. The monoisotopic (exact) mass is 454 g/mol. The average molecular weight is 454 g/mol. The molecule has 0 unspecified atom stereocenters. The standard InChI is InChI=1S/C16H15FN6O7S/c17-15-19-12(20-16(26)29-5-8-1-2-10(31-8)23(27)28)11-13(21-15)22(6-18-11)14-9(25)3-7(4-24)30-14/h1-2,6-7,9,14,24-25H,3-5H2,(H,19,20,21,26)/t7-,9-,14+/m0/s1. The summed E-state index contributed by atoms with van der Waals surface area (Å²) in [5.41, 5.74) is -0.0207. The molecule has 0 radical (unpaired) electrons. The summed E-state index contributed by atoms with van der Waals surface area (Å²) < 4.78 is 25.8. The number of aliphatic hydroxyl groups excluding tert-OH is 2. The van der Waals surface area contributed by atoms with Gasteiger partial charge in [-0.05, 0) is 6.07 Å². The van der Waals surface area contributed by atoms with Crippen molar-refractivity contribution in [3.63, 3.8) is 0 Å². The van der Waals surface area contributed by atoms with Crippen molar-refractivity contribution in [1.29, 1.82) is 0 Å². The Morgan fingerprint density at radius 1 is 1.48 bits per heavy atom. The van der Waals surface area contributed by atoms with Gasteiger partial charge in [-0.25, -0.2) is 9.78 Å². The van der Waals surface area contributed by atoms with Crippen LogP contribution in [-0.4, -0.2) is 59.6 Å². The van der Waals surface area contributed by atoms with Gasteiger partial charge in [-0.1, -0.05) is 11.3 Å². The molecule has 4 rings (SSSR count). The minimum atomic E-state index is -1.16. The van der Waals surface area contributed by atoms with Crippen LogP contribution in [0.1, 0.15) is 17.5 Å². The van der Waals surface area contributed by atoms with Crippen molar-refractivity contribution in [2.45, 2.75) is 31.5 Å². The summed E-state index contributed by atoms with van der Waals surface area (Å²) in [7, 11) is 0. The highest BCUT2D eigenvalue weighted by Gasteiger charge is 2.36. The van der Waals surface area contributed by atoms with E-state index in [2.05, 4.69) is 20.3 Å². The quantitative estimate of drug-likeness (QED) is 0.280. The van der Waals surface area contributed by atoms with Gasteiger partial charge >= 0.3 is 17.2 Å². The van der Waals surface area contributed by atoms with Gasteiger partial charge < -0.3 is 19.7 Å². The van der Waals surface area contributed by atoms with Gasteiger partial charge in [0.1, 0.15) is 12.7 Å². The lowest BCUT2D eigenvalue weighted by molar-refractivity contribution is -0.380. The SMILES string of the molecule is O=C(Nc1nc(F)nc2c1ncn2[C@@H]1O[C@H](CO)C[C@@H]1O)OCc1ccc([N+](=O)[O-])s1. The Balaban J connectivity index is 1.50. The lowest BCUT2D eigenvalue weighted by Gasteiger charge is -2.16. The van der Waals surface area contributed by atoms with Crippen LogP contribution in [0.3, 0.4) is 0 Å². The van der Waals surface area contributed by atoms with Crippen LogP contribution in [0.15, 0.2) is 18.5 Å². The zero-order valence-corrected chi connectivity index (χ0v) is 16.4. The maximum absolute atomic E-state index is 14.0. The molecule has 0 aromatic carbocycles. The molecule has 15 heteroatoms. The second-order valence-corrected chi connectivity index (χ2v) is 7.64. The summed E-state index contributed by atoms with van der Waals surface area (Å²) >= 11 is 0.853. The Morgan fingerprint density at radius 3 is 2.97 bits per heavy atom. The highest BCUT2D eigenvalue weighted by molar-refractivity contribution is 7.15. The number of imidazole rings is 1. The number of ether oxygens (including phenoxy) is 2. The summed E-state index contributed by atoms with van der Waals surface area (Å²) in [4.78, 5) is 33.9. The molecule has 3 aromatic rings. The maximum Gasteiger partial charge on any atom is 0.413 e. The van der Waals surface area contributed by atoms with Gasteiger partial charge in [0.25, 0.3) is 0 Å². The van der Waals surface area contributed by atoms with Gasteiger partial charge in [-0.3, -0.25) is 20.0 Å². The first-order valence-electron chi connectivity index (χ1n) is 8.87. The third-order valence-corrected chi connectivity index (χ3v) is 5.44. The van der Waals surface area contributed by atoms with E-state index in [9.17, 15) is 29.5 Å². The molecule has 3 N–H and O–H groups in total. The fourth-order valence-electron chi connectivity index (χ4n) is 3.07. The van der Waals surface area contributed by atoms with E-state index < -0.39 is 35.5 Å². The van der Waals surface area contributed by atoms with Crippen LogP contribution >= 0.6 is 11.3 Å². The van der Waals surface area contributed by atoms with E-state index in [1.165, 1.54) is 23.0 Å². The lowest BCUT2D eigenvalue weighted by atomic mass is 10.2. The Morgan fingerprint density at radius 2 is 2.29 bits per heavy atom. The summed E-state index contributed by atoms with van der Waals surface area (Å²) in [5.74, 6) is -0.269. The molecule has 0 bridgehead atoms. The Kier molecular flexibility index (Phi) is 5.73. The van der Waals surface area contributed by atoms with Crippen LogP contribution in [0.4, 0.5) is 20.0 Å². The van der Waals surface area contributed by atoms with Crippen LogP contribution in [0.2, 0.25) is 0 Å². The summed E-state index contributed by atoms with van der Waals surface area (Å²) in [5, 5.41) is 32.3. The smallest absolute Gasteiger partial charge is 0.413 e. The zero-order chi connectivity index (χ0) is 22.1. The van der Waals surface area contributed by atoms with E-state index in [0.29, 0.717) is 4.88 Å². The number of fused-ring (bicyclic) bond motifs is 1. The molecule has 1 amide bonds. The Bertz CT molecular complexity index is 1140. The number of nitrogens with zero attached hydrogens (tertiary/aromatic N) is 5. The number of aromatic nitrogens is 4. The average Bonchev–Trinajstić information content (AvgIpc) is 3.44. The molecule has 1 saturated heterocycles. The number of hydrogen-bond acceptors (Lipinski definition) is 11. The predicted molar refractivity (Wildman–Crippen MR) is 102 cm³/mol. The number of amides is 1. The van der Waals surface area contributed by atoms with E-state index in [1.807, 2.05) is 0 Å². The van der Waals surface area contributed by atoms with Crippen LogP contribution in [-0.2, 0) is 16.1 Å². The minimum Gasteiger partial charge on any atom is -0.444 e. The number of rotatable bonds is 6. The van der Waals surface area contributed by atoms with Crippen molar-refractivity contribution in [3.05, 3.63) is 39.5 Å². The third-order valence-electron chi connectivity index (χ3n) is 4.43. The van der Waals surface area contributed by atoms with Crippen molar-refractivity contribution in [3.8, 4) is 0 Å². The van der Waals surface area contributed by atoms with Gasteiger partial charge in [0.15, 0.2) is 23.2 Å². The van der Waals surface area contributed by atoms with Gasteiger partial charge in [0.05, 0.1) is 24.0 Å². The first kappa shape index (κ1) is 21.0. The normalized spacial score (nSPS) is 20.8. The fourth-order valence-corrected chi connectivity index (χ4v) is 3.81. The number of halogens is 1. The van der Waals surface area contributed by atoms with Crippen molar-refractivity contribution < 1.29 is 33.8 Å². The predicted octanol–water partition coefficient (Wildman–Crippen LogP) is 1.32. The molecule has 1 aliphatic rings. The number of aliphatic hydroxyl groups is 2. The molecule has 1 aliphatic heterocycles. The van der Waals surface area contributed by atoms with E-state index in [-0.39, 0.29) is 41.6 Å². The lowest BCUT2D eigenvalue weighted by Crippen LogP contribution is -2.20. The molecule has 0 spiro atoms. The van der Waals surface area contributed by atoms with Gasteiger partial charge in [-0.15, -0.1) is 0 Å². The van der Waals surface area contributed by atoms with Crippen LogP contribution in [0.25, 0.3) is 11.2 Å². The zero-order valence-electron chi connectivity index (χ0n) is 15.5. The molecule has 3 atom stereocenters. The molecular weight excluding hydrogens is 439 g/mol. The number of anilines is 1. The van der Waals surface area contributed by atoms with Crippen molar-refractivity contribution in [1.82, 2.24) is 19.5 Å². The van der Waals surface area contributed by atoms with E-state index in [4.69, 9.17) is 9.47 Å². The van der Waals surface area contributed by atoms with Crippen LogP contribution < -0.4 is 5.32 Å². The van der Waals surface area contributed by atoms with Gasteiger partial charge in [-0.2, -0.15) is 14.4 Å². The molecule has 3 aromatic heterocycles. The highest BCUT2D eigenvalue weighted by Crippen LogP contribution is 2.32. The number of hydrogen-bond donors (Lipinski definition) is 3. The summed E-state index contributed by atoms with van der Waals surface area (Å²) in [6.45, 7) is -0.532. The topological polar surface area (TPSA) is 175 Å². The molecular formula is C16H15FN6O7S. The van der Waals surface area contributed by atoms with Crippen molar-refractivity contribution in [2.75, 3.05) is 11.9 Å². The van der Waals surface area contributed by atoms with Gasteiger partial charge in [0.2, 0.25) is 0 Å². The number of nitrogens with one attached hydrogen (secondary N) is 1. The molecule has 0 aliphatic carbocycles. The third kappa shape index (κ3) is 4.29. The van der Waals surface area contributed by atoms with Crippen LogP contribution in [0.5, 0.6) is 0 Å². The fraction of sp³-hybridized carbons (Fsp3) is 0.375. The number of carbonyl (C=O) groups excluding carboxylic acids is 1. The Hall–Kier alpha value is -3.27. The molecule has 13 nitrogen and oxygen atoms in total. The second-order valence-electron chi connectivity index (χ2n) is 6.50. The first-order chi connectivity index (χ1) is 14.9. The number of carbonyl (C=O) groups is 1. The van der Waals surface area contributed by atoms with Crippen molar-refractivity contribution in [2.24, 2.45) is 0 Å². The van der Waals surface area contributed by atoms with E-state index in [0.717, 1.165) is 11.3 Å². The van der Waals surface area contributed by atoms with Gasteiger partial charge in [0, 0.05) is 17.4 Å².